The van der Waals surface area contributed by atoms with E-state index in [1.54, 1.807) is 12.1 Å². The maximum absolute atomic E-state index is 12.1. The molecule has 0 atom stereocenters. The number of nitrogens with one attached hydrogen (secondary N) is 1. The van der Waals surface area contributed by atoms with Crippen LogP contribution in [0.1, 0.15) is 5.56 Å². The Kier molecular flexibility index (Phi) is 4.76. The van der Waals surface area contributed by atoms with E-state index >= 15 is 0 Å². The first kappa shape index (κ1) is 15.7. The van der Waals surface area contributed by atoms with Crippen molar-refractivity contribution in [3.05, 3.63) is 47.5 Å². The van der Waals surface area contributed by atoms with Gasteiger partial charge in [0.1, 0.15) is 4.90 Å². The second-order valence-electron chi connectivity index (χ2n) is 4.73. The van der Waals surface area contributed by atoms with Gasteiger partial charge in [-0.1, -0.05) is 12.1 Å². The first-order chi connectivity index (χ1) is 9.87. The van der Waals surface area contributed by atoms with Gasteiger partial charge in [-0.25, -0.2) is 18.4 Å². The summed E-state index contributed by atoms with van der Waals surface area (Å²) in [5.41, 5.74) is 1.57. The highest BCUT2D eigenvalue weighted by Gasteiger charge is 2.15. The van der Waals surface area contributed by atoms with Crippen LogP contribution in [0, 0.1) is 0 Å². The minimum atomic E-state index is -3.71. The van der Waals surface area contributed by atoms with Gasteiger partial charge in [0.05, 0.1) is 12.4 Å². The standard InChI is InChI=1S/C13H15ClN4O2S/c1-18(2)9-10-3-5-11(6-4-10)17-21(19,20)12-7-15-13(14)16-8-12/h3-8,17H,9H2,1-2H3. The quantitative estimate of drug-likeness (QED) is 0.850. The molecule has 0 saturated heterocycles. The molecule has 0 amide bonds. The van der Waals surface area contributed by atoms with Crippen molar-refractivity contribution in [2.24, 2.45) is 0 Å². The van der Waals surface area contributed by atoms with E-state index in [0.717, 1.165) is 24.5 Å². The summed E-state index contributed by atoms with van der Waals surface area (Å²) in [6.45, 7) is 0.790. The van der Waals surface area contributed by atoms with E-state index in [4.69, 9.17) is 11.6 Å². The van der Waals surface area contributed by atoms with Crippen LogP contribution in [0.5, 0.6) is 0 Å². The molecule has 21 heavy (non-hydrogen) atoms. The Labute approximate surface area is 128 Å². The number of aromatic nitrogens is 2. The van der Waals surface area contributed by atoms with E-state index in [0.29, 0.717) is 5.69 Å². The Morgan fingerprint density at radius 1 is 1.14 bits per heavy atom. The Morgan fingerprint density at radius 3 is 2.24 bits per heavy atom. The number of benzene rings is 1. The fourth-order valence-electron chi connectivity index (χ4n) is 1.70. The number of hydrogen-bond donors (Lipinski definition) is 1. The fraction of sp³-hybridized carbons (Fsp3) is 0.231. The Morgan fingerprint density at radius 2 is 1.71 bits per heavy atom. The van der Waals surface area contributed by atoms with Crippen molar-refractivity contribution in [3.63, 3.8) is 0 Å². The second kappa shape index (κ2) is 6.38. The van der Waals surface area contributed by atoms with E-state index in [1.165, 1.54) is 0 Å². The first-order valence-corrected chi connectivity index (χ1v) is 7.97. The van der Waals surface area contributed by atoms with E-state index < -0.39 is 10.0 Å². The Hall–Kier alpha value is -1.70. The normalized spacial score (nSPS) is 11.6. The first-order valence-electron chi connectivity index (χ1n) is 6.11. The van der Waals surface area contributed by atoms with Gasteiger partial charge in [0.25, 0.3) is 10.0 Å². The highest BCUT2D eigenvalue weighted by molar-refractivity contribution is 7.92. The molecule has 6 nitrogen and oxygen atoms in total. The second-order valence-corrected chi connectivity index (χ2v) is 6.75. The topological polar surface area (TPSA) is 75.2 Å². The summed E-state index contributed by atoms with van der Waals surface area (Å²) >= 11 is 5.54. The maximum atomic E-state index is 12.1. The molecule has 0 aliphatic carbocycles. The van der Waals surface area contributed by atoms with Crippen LogP contribution in [-0.4, -0.2) is 37.4 Å². The van der Waals surface area contributed by atoms with Gasteiger partial charge < -0.3 is 4.90 Å². The third kappa shape index (κ3) is 4.38. The lowest BCUT2D eigenvalue weighted by atomic mass is 10.2. The van der Waals surface area contributed by atoms with Crippen LogP contribution in [-0.2, 0) is 16.6 Å². The van der Waals surface area contributed by atoms with E-state index in [2.05, 4.69) is 14.7 Å². The molecule has 2 aromatic rings. The lowest BCUT2D eigenvalue weighted by Gasteiger charge is -2.11. The zero-order valence-corrected chi connectivity index (χ0v) is 13.2. The zero-order valence-electron chi connectivity index (χ0n) is 11.6. The Balaban J connectivity index is 2.15. The third-order valence-corrected chi connectivity index (χ3v) is 4.14. The summed E-state index contributed by atoms with van der Waals surface area (Å²) in [5.74, 6) is 0. The van der Waals surface area contributed by atoms with Crippen molar-refractivity contribution >= 4 is 27.3 Å². The largest absolute Gasteiger partial charge is 0.305 e. The minimum Gasteiger partial charge on any atom is -0.305 e. The van der Waals surface area contributed by atoms with Gasteiger partial charge in [-0.3, -0.25) is 4.72 Å². The molecule has 1 aromatic heterocycles. The monoisotopic (exact) mass is 326 g/mol. The highest BCUT2D eigenvalue weighted by Crippen LogP contribution is 2.16. The molecule has 0 aliphatic rings. The molecule has 0 spiro atoms. The average molecular weight is 327 g/mol. The highest BCUT2D eigenvalue weighted by atomic mass is 35.5. The van der Waals surface area contributed by atoms with Crippen LogP contribution in [0.2, 0.25) is 5.28 Å². The van der Waals surface area contributed by atoms with Crippen molar-refractivity contribution in [2.75, 3.05) is 18.8 Å². The lowest BCUT2D eigenvalue weighted by Crippen LogP contribution is -2.14. The smallest absolute Gasteiger partial charge is 0.264 e. The number of hydrogen-bond acceptors (Lipinski definition) is 5. The molecule has 1 N–H and O–H groups in total. The molecular weight excluding hydrogens is 312 g/mol. The van der Waals surface area contributed by atoms with E-state index in [-0.39, 0.29) is 10.2 Å². The van der Waals surface area contributed by atoms with Crippen LogP contribution in [0.15, 0.2) is 41.6 Å². The lowest BCUT2D eigenvalue weighted by molar-refractivity contribution is 0.402. The van der Waals surface area contributed by atoms with Gasteiger partial charge >= 0.3 is 0 Å². The summed E-state index contributed by atoms with van der Waals surface area (Å²) in [6.07, 6.45) is 2.33. The molecule has 112 valence electrons. The minimum absolute atomic E-state index is 0.00184. The van der Waals surface area contributed by atoms with Crippen LogP contribution < -0.4 is 4.72 Å². The molecule has 8 heteroatoms. The molecule has 0 unspecified atom stereocenters. The third-order valence-electron chi connectivity index (χ3n) is 2.61. The SMILES string of the molecule is CN(C)Cc1ccc(NS(=O)(=O)c2cnc(Cl)nc2)cc1. The van der Waals surface area contributed by atoms with Gasteiger partial charge in [-0.2, -0.15) is 0 Å². The summed E-state index contributed by atoms with van der Waals surface area (Å²) < 4.78 is 26.7. The zero-order chi connectivity index (χ0) is 15.5. The molecule has 0 saturated carbocycles. The van der Waals surface area contributed by atoms with Crippen LogP contribution in [0.3, 0.4) is 0 Å². The van der Waals surface area contributed by atoms with Crippen LogP contribution in [0.4, 0.5) is 5.69 Å². The predicted molar refractivity (Wildman–Crippen MR) is 81.7 cm³/mol. The van der Waals surface area contributed by atoms with Crippen LogP contribution >= 0.6 is 11.6 Å². The fourth-order valence-corrected chi connectivity index (χ4v) is 2.74. The summed E-state index contributed by atoms with van der Waals surface area (Å²) in [5, 5.41) is 0.00184. The molecule has 1 aromatic carbocycles. The Bertz CT molecular complexity index is 700. The summed E-state index contributed by atoms with van der Waals surface area (Å²) in [4.78, 5) is 9.32. The van der Waals surface area contributed by atoms with Crippen LogP contribution in [0.25, 0.3) is 0 Å². The van der Waals surface area contributed by atoms with E-state index in [9.17, 15) is 8.42 Å². The van der Waals surface area contributed by atoms with Crippen molar-refractivity contribution in [1.82, 2.24) is 14.9 Å². The molecule has 0 radical (unpaired) electrons. The number of halogens is 1. The number of nitrogens with zero attached hydrogens (tertiary/aromatic N) is 3. The van der Waals surface area contributed by atoms with E-state index in [1.807, 2.05) is 31.1 Å². The molecule has 0 bridgehead atoms. The van der Waals surface area contributed by atoms with Crippen molar-refractivity contribution in [3.8, 4) is 0 Å². The van der Waals surface area contributed by atoms with Gasteiger partial charge in [0.2, 0.25) is 5.28 Å². The molecule has 0 fully saturated rings. The number of sulfonamides is 1. The predicted octanol–water partition coefficient (Wildman–Crippen LogP) is 1.99. The molecule has 1 heterocycles. The van der Waals surface area contributed by atoms with Gasteiger partial charge in [-0.15, -0.1) is 0 Å². The van der Waals surface area contributed by atoms with Gasteiger partial charge in [-0.05, 0) is 43.4 Å². The maximum Gasteiger partial charge on any atom is 0.264 e. The summed E-state index contributed by atoms with van der Waals surface area (Å²) in [7, 11) is 0.229. The van der Waals surface area contributed by atoms with Crippen molar-refractivity contribution < 1.29 is 8.42 Å². The molecule has 2 rings (SSSR count). The number of anilines is 1. The molecule has 0 aliphatic heterocycles. The van der Waals surface area contributed by atoms with Gasteiger partial charge in [0.15, 0.2) is 0 Å². The van der Waals surface area contributed by atoms with Crippen molar-refractivity contribution in [1.29, 1.82) is 0 Å². The van der Waals surface area contributed by atoms with Gasteiger partial charge in [0, 0.05) is 12.2 Å². The van der Waals surface area contributed by atoms with Crippen molar-refractivity contribution in [2.45, 2.75) is 11.4 Å². The summed E-state index contributed by atoms with van der Waals surface area (Å²) in [6, 6.07) is 7.17. The average Bonchev–Trinajstić information content (AvgIpc) is 2.40. The molecular formula is C13H15ClN4O2S. The number of rotatable bonds is 5.